The largest absolute Gasteiger partial charge is 0.305 e. The van der Waals surface area contributed by atoms with Gasteiger partial charge in [-0.3, -0.25) is 9.79 Å². The van der Waals surface area contributed by atoms with Crippen molar-refractivity contribution in [1.29, 1.82) is 0 Å². The maximum Gasteiger partial charge on any atom is 0.152 e. The fraction of sp³-hybridized carbons (Fsp3) is 0.692. The highest BCUT2D eigenvalue weighted by Crippen LogP contribution is 2.15. The number of hydrogen-bond donors (Lipinski definition) is 1. The van der Waals surface area contributed by atoms with Crippen LogP contribution >= 0.6 is 0 Å². The van der Waals surface area contributed by atoms with E-state index in [1.165, 1.54) is 0 Å². The van der Waals surface area contributed by atoms with Gasteiger partial charge in [0.1, 0.15) is 0 Å². The lowest BCUT2D eigenvalue weighted by Crippen LogP contribution is -2.42. The minimum absolute atomic E-state index is 0.0715. The van der Waals surface area contributed by atoms with Gasteiger partial charge < -0.3 is 5.32 Å². The second-order valence-electron chi connectivity index (χ2n) is 4.88. The van der Waals surface area contributed by atoms with Crippen LogP contribution in [0.3, 0.4) is 0 Å². The van der Waals surface area contributed by atoms with Crippen LogP contribution in [0, 0.1) is 5.92 Å². The monoisotopic (exact) mass is 222 g/mol. The van der Waals surface area contributed by atoms with Crippen molar-refractivity contribution in [2.75, 3.05) is 0 Å². The predicted molar refractivity (Wildman–Crippen MR) is 67.7 cm³/mol. The third kappa shape index (κ3) is 3.89. The van der Waals surface area contributed by atoms with Crippen molar-refractivity contribution >= 4 is 12.0 Å². The van der Waals surface area contributed by atoms with Gasteiger partial charge >= 0.3 is 0 Å². The molecule has 1 aliphatic rings. The topological polar surface area (TPSA) is 41.5 Å². The zero-order valence-corrected chi connectivity index (χ0v) is 10.7. The average molecular weight is 222 g/mol. The summed E-state index contributed by atoms with van der Waals surface area (Å²) in [5.74, 6) is 0.346. The van der Waals surface area contributed by atoms with Crippen LogP contribution in [0.4, 0.5) is 0 Å². The van der Waals surface area contributed by atoms with Crippen LogP contribution in [0.1, 0.15) is 40.5 Å². The Balaban J connectivity index is 2.63. The standard InChI is InChI=1S/C13H22N2O/c1-9(2)13(16)12(15-10(3)4)8-11-6-5-7-14-11/h6-7,9-10,12,15H,5,8H2,1-4H3. The normalized spacial score (nSPS) is 17.0. The Morgan fingerprint density at radius 1 is 1.44 bits per heavy atom. The van der Waals surface area contributed by atoms with Gasteiger partial charge in [0.15, 0.2) is 5.78 Å². The smallest absolute Gasteiger partial charge is 0.152 e. The number of carbonyl (C=O) groups is 1. The van der Waals surface area contributed by atoms with Gasteiger partial charge in [-0.2, -0.15) is 0 Å². The molecule has 1 N–H and O–H groups in total. The van der Waals surface area contributed by atoms with Gasteiger partial charge in [-0.25, -0.2) is 0 Å². The first-order valence-corrected chi connectivity index (χ1v) is 6.02. The third-order valence-electron chi connectivity index (χ3n) is 2.58. The number of hydrogen-bond acceptors (Lipinski definition) is 3. The van der Waals surface area contributed by atoms with E-state index >= 15 is 0 Å². The summed E-state index contributed by atoms with van der Waals surface area (Å²) in [5.41, 5.74) is 1.03. The number of Topliss-reactive ketones (excluding diaryl/α,β-unsaturated/α-hetero) is 1. The molecule has 0 aromatic carbocycles. The summed E-state index contributed by atoms with van der Waals surface area (Å²) in [6, 6.07) is 0.222. The molecule has 1 heterocycles. The van der Waals surface area contributed by atoms with E-state index in [0.29, 0.717) is 12.5 Å². The molecule has 0 aromatic heterocycles. The number of carbonyl (C=O) groups excluding carboxylic acids is 1. The molecule has 0 aliphatic carbocycles. The van der Waals surface area contributed by atoms with Crippen molar-refractivity contribution in [2.45, 2.75) is 52.6 Å². The summed E-state index contributed by atoms with van der Waals surface area (Å²) >= 11 is 0. The molecule has 1 unspecified atom stereocenters. The van der Waals surface area contributed by atoms with Gasteiger partial charge in [-0.1, -0.05) is 33.8 Å². The molecule has 1 rings (SSSR count). The van der Waals surface area contributed by atoms with E-state index in [1.807, 2.05) is 20.1 Å². The van der Waals surface area contributed by atoms with Crippen molar-refractivity contribution < 1.29 is 4.79 Å². The first-order chi connectivity index (χ1) is 7.50. The van der Waals surface area contributed by atoms with E-state index in [0.717, 1.165) is 12.1 Å². The van der Waals surface area contributed by atoms with Crippen molar-refractivity contribution in [1.82, 2.24) is 5.32 Å². The molecule has 1 aliphatic heterocycles. The maximum absolute atomic E-state index is 12.0. The van der Waals surface area contributed by atoms with E-state index in [4.69, 9.17) is 0 Å². The van der Waals surface area contributed by atoms with E-state index in [9.17, 15) is 4.79 Å². The minimum atomic E-state index is -0.0958. The summed E-state index contributed by atoms with van der Waals surface area (Å²) in [4.78, 5) is 16.3. The average Bonchev–Trinajstić information content (AvgIpc) is 2.67. The maximum atomic E-state index is 12.0. The van der Waals surface area contributed by atoms with E-state index in [1.54, 1.807) is 0 Å². The highest BCUT2D eigenvalue weighted by molar-refractivity contribution is 5.86. The molecule has 0 saturated heterocycles. The first kappa shape index (κ1) is 13.1. The van der Waals surface area contributed by atoms with Crippen LogP contribution < -0.4 is 5.32 Å². The highest BCUT2D eigenvalue weighted by Gasteiger charge is 2.23. The van der Waals surface area contributed by atoms with Crippen LogP contribution in [-0.2, 0) is 4.79 Å². The molecule has 0 aromatic rings. The number of ketones is 1. The molecule has 3 heteroatoms. The van der Waals surface area contributed by atoms with Crippen LogP contribution in [-0.4, -0.2) is 24.1 Å². The lowest BCUT2D eigenvalue weighted by molar-refractivity contribution is -0.124. The van der Waals surface area contributed by atoms with Crippen LogP contribution in [0.5, 0.6) is 0 Å². The Morgan fingerprint density at radius 2 is 2.12 bits per heavy atom. The van der Waals surface area contributed by atoms with E-state index in [2.05, 4.69) is 30.2 Å². The summed E-state index contributed by atoms with van der Waals surface area (Å²) in [5, 5.41) is 3.32. The number of aliphatic imine (C=N–C) groups is 1. The quantitative estimate of drug-likeness (QED) is 0.749. The predicted octanol–water partition coefficient (Wildman–Crippen LogP) is 2.33. The Hall–Kier alpha value is -0.960. The Bertz CT molecular complexity index is 303. The van der Waals surface area contributed by atoms with Crippen LogP contribution in [0.2, 0.25) is 0 Å². The Morgan fingerprint density at radius 3 is 2.56 bits per heavy atom. The van der Waals surface area contributed by atoms with Crippen molar-refractivity contribution in [3.63, 3.8) is 0 Å². The first-order valence-electron chi connectivity index (χ1n) is 6.02. The van der Waals surface area contributed by atoms with Crippen molar-refractivity contribution in [2.24, 2.45) is 10.9 Å². The lowest BCUT2D eigenvalue weighted by atomic mass is 9.97. The molecule has 0 saturated carbocycles. The fourth-order valence-corrected chi connectivity index (χ4v) is 1.80. The van der Waals surface area contributed by atoms with Crippen LogP contribution in [0.25, 0.3) is 0 Å². The molecular formula is C13H22N2O. The molecule has 0 radical (unpaired) electrons. The fourth-order valence-electron chi connectivity index (χ4n) is 1.80. The number of nitrogens with one attached hydrogen (secondary N) is 1. The minimum Gasteiger partial charge on any atom is -0.305 e. The van der Waals surface area contributed by atoms with Crippen LogP contribution in [0.15, 0.2) is 16.8 Å². The molecule has 16 heavy (non-hydrogen) atoms. The highest BCUT2D eigenvalue weighted by atomic mass is 16.1. The van der Waals surface area contributed by atoms with Crippen molar-refractivity contribution in [3.8, 4) is 0 Å². The summed E-state index contributed by atoms with van der Waals surface area (Å²) in [7, 11) is 0. The Labute approximate surface area is 98.0 Å². The van der Waals surface area contributed by atoms with Gasteiger partial charge in [-0.15, -0.1) is 0 Å². The molecule has 0 amide bonds. The summed E-state index contributed by atoms with van der Waals surface area (Å²) in [6.45, 7) is 8.02. The van der Waals surface area contributed by atoms with Crippen molar-refractivity contribution in [3.05, 3.63) is 11.8 Å². The van der Waals surface area contributed by atoms with Gasteiger partial charge in [0.25, 0.3) is 0 Å². The van der Waals surface area contributed by atoms with Gasteiger partial charge in [0, 0.05) is 36.7 Å². The zero-order valence-electron chi connectivity index (χ0n) is 10.7. The lowest BCUT2D eigenvalue weighted by Gasteiger charge is -2.21. The molecule has 0 bridgehead atoms. The van der Waals surface area contributed by atoms with E-state index in [-0.39, 0.29) is 17.7 Å². The zero-order chi connectivity index (χ0) is 12.1. The third-order valence-corrected chi connectivity index (χ3v) is 2.58. The molecule has 0 fully saturated rings. The second-order valence-corrected chi connectivity index (χ2v) is 4.88. The number of allylic oxidation sites excluding steroid dienone is 1. The van der Waals surface area contributed by atoms with Gasteiger partial charge in [-0.05, 0) is 0 Å². The molecular weight excluding hydrogens is 200 g/mol. The van der Waals surface area contributed by atoms with Gasteiger partial charge in [0.05, 0.1) is 6.04 Å². The molecule has 0 spiro atoms. The summed E-state index contributed by atoms with van der Waals surface area (Å²) < 4.78 is 0. The number of rotatable bonds is 6. The molecule has 3 nitrogen and oxygen atoms in total. The van der Waals surface area contributed by atoms with E-state index < -0.39 is 0 Å². The summed E-state index contributed by atoms with van der Waals surface area (Å²) in [6.07, 6.45) is 5.59. The molecule has 1 atom stereocenters. The second kappa shape index (κ2) is 5.94. The number of nitrogens with zero attached hydrogens (tertiary/aromatic N) is 1. The van der Waals surface area contributed by atoms with Gasteiger partial charge in [0.2, 0.25) is 0 Å². The Kier molecular flexibility index (Phi) is 4.87. The SMILES string of the molecule is CC(C)NC(CC1=CCC=N1)C(=O)C(C)C. The molecule has 90 valence electrons.